The van der Waals surface area contributed by atoms with E-state index < -0.39 is 18.0 Å². The zero-order valence-electron chi connectivity index (χ0n) is 14.7. The van der Waals surface area contributed by atoms with Gasteiger partial charge in [0.2, 0.25) is 6.29 Å². The van der Waals surface area contributed by atoms with Crippen molar-refractivity contribution in [1.82, 2.24) is 0 Å². The van der Waals surface area contributed by atoms with E-state index in [-0.39, 0.29) is 12.4 Å². The summed E-state index contributed by atoms with van der Waals surface area (Å²) in [5, 5.41) is 0. The lowest BCUT2D eigenvalue weighted by atomic mass is 9.88. The van der Waals surface area contributed by atoms with Crippen LogP contribution in [0.3, 0.4) is 0 Å². The second-order valence-corrected chi connectivity index (χ2v) is 5.99. The van der Waals surface area contributed by atoms with Gasteiger partial charge in [-0.05, 0) is 42.7 Å². The van der Waals surface area contributed by atoms with Gasteiger partial charge >= 0.3 is 6.16 Å². The van der Waals surface area contributed by atoms with Crippen molar-refractivity contribution in [2.24, 2.45) is 0 Å². The quantitative estimate of drug-likeness (QED) is 0.771. The summed E-state index contributed by atoms with van der Waals surface area (Å²) in [7, 11) is 0. The van der Waals surface area contributed by atoms with Crippen LogP contribution in [0.1, 0.15) is 19.4 Å². The molecule has 3 rings (SSSR count). The summed E-state index contributed by atoms with van der Waals surface area (Å²) < 4.78 is 15.6. The van der Waals surface area contributed by atoms with Crippen LogP contribution in [0, 0.1) is 0 Å². The van der Waals surface area contributed by atoms with Crippen LogP contribution in [0.2, 0.25) is 0 Å². The average molecular weight is 352 g/mol. The van der Waals surface area contributed by atoms with E-state index in [0.717, 1.165) is 11.1 Å². The number of hydrogen-bond acceptors (Lipinski definition) is 5. The molecule has 0 unspecified atom stereocenters. The molecule has 1 heterocycles. The van der Waals surface area contributed by atoms with E-state index in [1.54, 1.807) is 13.8 Å². The van der Waals surface area contributed by atoms with Crippen molar-refractivity contribution in [1.29, 1.82) is 0 Å². The summed E-state index contributed by atoms with van der Waals surface area (Å²) in [5.41, 5.74) is 1.57. The maximum Gasteiger partial charge on any atom is 0.510 e. The van der Waals surface area contributed by atoms with Gasteiger partial charge in [0, 0.05) is 0 Å². The summed E-state index contributed by atoms with van der Waals surface area (Å²) in [6.07, 6.45) is 0.960. The Balaban J connectivity index is 1.81. The molecule has 0 aromatic heterocycles. The summed E-state index contributed by atoms with van der Waals surface area (Å²) in [4.78, 5) is 23.9. The van der Waals surface area contributed by atoms with Crippen molar-refractivity contribution < 1.29 is 23.8 Å². The van der Waals surface area contributed by atoms with E-state index in [9.17, 15) is 9.59 Å². The first-order chi connectivity index (χ1) is 12.5. The van der Waals surface area contributed by atoms with Crippen molar-refractivity contribution in [3.8, 4) is 11.1 Å². The van der Waals surface area contributed by atoms with Crippen LogP contribution < -0.4 is 0 Å². The van der Waals surface area contributed by atoms with E-state index >= 15 is 0 Å². The average Bonchev–Trinajstić information content (AvgIpc) is 2.66. The van der Waals surface area contributed by atoms with Crippen molar-refractivity contribution >= 4 is 11.9 Å². The van der Waals surface area contributed by atoms with Crippen molar-refractivity contribution in [2.45, 2.75) is 25.7 Å². The largest absolute Gasteiger partial charge is 0.510 e. The lowest BCUT2D eigenvalue weighted by Gasteiger charge is -2.33. The molecule has 0 aliphatic carbocycles. The van der Waals surface area contributed by atoms with Crippen LogP contribution in [0.4, 0.5) is 4.79 Å². The molecule has 0 amide bonds. The number of hydrogen-bond donors (Lipinski definition) is 0. The molecule has 26 heavy (non-hydrogen) atoms. The summed E-state index contributed by atoms with van der Waals surface area (Å²) in [6, 6.07) is 17.5. The summed E-state index contributed by atoms with van der Waals surface area (Å²) >= 11 is 0. The topological polar surface area (TPSA) is 61.8 Å². The second kappa shape index (κ2) is 7.54. The standard InChI is InChI=1S/C21H20O5/c1-3-24-20(23)25-19-14-13-18(22)21(2,26-19)17-11-9-16(10-12-17)15-7-5-4-6-8-15/h4-14,19H,3H2,1-2H3/t19-,21-/m1/s1. The van der Waals surface area contributed by atoms with Gasteiger partial charge in [-0.15, -0.1) is 0 Å². The third kappa shape index (κ3) is 3.68. The van der Waals surface area contributed by atoms with E-state index in [4.69, 9.17) is 14.2 Å². The summed E-state index contributed by atoms with van der Waals surface area (Å²) in [6.45, 7) is 3.55. The molecule has 0 spiro atoms. The van der Waals surface area contributed by atoms with Gasteiger partial charge in [0.1, 0.15) is 0 Å². The number of benzene rings is 2. The van der Waals surface area contributed by atoms with Crippen molar-refractivity contribution in [3.05, 3.63) is 72.3 Å². The molecule has 1 aliphatic rings. The molecule has 0 radical (unpaired) electrons. The minimum atomic E-state index is -1.23. The third-order valence-electron chi connectivity index (χ3n) is 4.24. The highest BCUT2D eigenvalue weighted by atomic mass is 16.8. The molecule has 2 atom stereocenters. The SMILES string of the molecule is CCOC(=O)O[C@H]1C=CC(=O)[C@@](C)(c2ccc(-c3ccccc3)cc2)O1. The van der Waals surface area contributed by atoms with Crippen molar-refractivity contribution in [2.75, 3.05) is 6.61 Å². The Morgan fingerprint density at radius 3 is 2.38 bits per heavy atom. The summed E-state index contributed by atoms with van der Waals surface area (Å²) in [5.74, 6) is -0.214. The highest BCUT2D eigenvalue weighted by molar-refractivity contribution is 5.98. The van der Waals surface area contributed by atoms with Crippen LogP contribution in [0.15, 0.2) is 66.7 Å². The predicted octanol–water partition coefficient (Wildman–Crippen LogP) is 4.22. The molecule has 0 N–H and O–H groups in total. The normalized spacial score (nSPS) is 22.1. The number of ether oxygens (including phenoxy) is 3. The molecule has 2 aromatic rings. The third-order valence-corrected chi connectivity index (χ3v) is 4.24. The highest BCUT2D eigenvalue weighted by Gasteiger charge is 2.40. The minimum absolute atomic E-state index is 0.201. The number of carbonyl (C=O) groups excluding carboxylic acids is 2. The van der Waals surface area contributed by atoms with Crippen LogP contribution in [-0.4, -0.2) is 24.8 Å². The molecule has 0 bridgehead atoms. The Morgan fingerprint density at radius 1 is 1.08 bits per heavy atom. The zero-order chi connectivity index (χ0) is 18.6. The lowest BCUT2D eigenvalue weighted by Crippen LogP contribution is -2.42. The second-order valence-electron chi connectivity index (χ2n) is 5.99. The molecule has 134 valence electrons. The van der Waals surface area contributed by atoms with Gasteiger partial charge < -0.3 is 14.2 Å². The lowest BCUT2D eigenvalue weighted by molar-refractivity contribution is -0.182. The van der Waals surface area contributed by atoms with Crippen LogP contribution in [-0.2, 0) is 24.6 Å². The fourth-order valence-corrected chi connectivity index (χ4v) is 2.79. The predicted molar refractivity (Wildman–Crippen MR) is 96.4 cm³/mol. The molecular formula is C21H20O5. The zero-order valence-corrected chi connectivity index (χ0v) is 14.7. The maximum atomic E-state index is 12.4. The molecule has 0 fully saturated rings. The Bertz CT molecular complexity index is 810. The van der Waals surface area contributed by atoms with Gasteiger partial charge in [0.05, 0.1) is 6.61 Å². The Hall–Kier alpha value is -2.92. The van der Waals surface area contributed by atoms with Gasteiger partial charge in [-0.2, -0.15) is 0 Å². The monoisotopic (exact) mass is 352 g/mol. The number of rotatable bonds is 4. The number of carbonyl (C=O) groups is 2. The van der Waals surface area contributed by atoms with E-state index in [1.807, 2.05) is 54.6 Å². The first-order valence-corrected chi connectivity index (χ1v) is 8.43. The fraction of sp³-hybridized carbons (Fsp3) is 0.238. The van der Waals surface area contributed by atoms with E-state index in [0.29, 0.717) is 5.56 Å². The minimum Gasteiger partial charge on any atom is -0.435 e. The Labute approximate surface area is 152 Å². The molecular weight excluding hydrogens is 332 g/mol. The van der Waals surface area contributed by atoms with E-state index in [2.05, 4.69) is 0 Å². The molecule has 0 saturated heterocycles. The van der Waals surface area contributed by atoms with Crippen LogP contribution in [0.25, 0.3) is 11.1 Å². The molecule has 0 saturated carbocycles. The molecule has 5 heteroatoms. The van der Waals surface area contributed by atoms with Crippen LogP contribution in [0.5, 0.6) is 0 Å². The molecule has 1 aliphatic heterocycles. The van der Waals surface area contributed by atoms with Gasteiger partial charge in [0.25, 0.3) is 0 Å². The highest BCUT2D eigenvalue weighted by Crippen LogP contribution is 2.33. The maximum absolute atomic E-state index is 12.4. The molecule has 5 nitrogen and oxygen atoms in total. The number of ketones is 1. The van der Waals surface area contributed by atoms with Crippen molar-refractivity contribution in [3.63, 3.8) is 0 Å². The first-order valence-electron chi connectivity index (χ1n) is 8.43. The van der Waals surface area contributed by atoms with Gasteiger partial charge in [-0.3, -0.25) is 4.79 Å². The first kappa shape index (κ1) is 17.9. The van der Waals surface area contributed by atoms with Gasteiger partial charge in [-0.25, -0.2) is 4.79 Å². The fourth-order valence-electron chi connectivity index (χ4n) is 2.79. The Kier molecular flexibility index (Phi) is 5.19. The van der Waals surface area contributed by atoms with E-state index in [1.165, 1.54) is 12.2 Å². The van der Waals surface area contributed by atoms with Crippen LogP contribution >= 0.6 is 0 Å². The Morgan fingerprint density at radius 2 is 1.73 bits per heavy atom. The van der Waals surface area contributed by atoms with Gasteiger partial charge in [-0.1, -0.05) is 54.6 Å². The van der Waals surface area contributed by atoms with Gasteiger partial charge in [0.15, 0.2) is 11.4 Å². The smallest absolute Gasteiger partial charge is 0.435 e. The molecule has 2 aromatic carbocycles.